The number of quaternary nitrogens is 1. The van der Waals surface area contributed by atoms with Gasteiger partial charge in [-0.15, -0.1) is 0 Å². The van der Waals surface area contributed by atoms with E-state index >= 15 is 0 Å². The van der Waals surface area contributed by atoms with E-state index in [0.717, 1.165) is 11.3 Å². The Kier molecular flexibility index (Phi) is 15.8. The molecule has 0 aromatic rings. The summed E-state index contributed by atoms with van der Waals surface area (Å²) < 4.78 is 0. The van der Waals surface area contributed by atoms with Crippen LogP contribution in [0.1, 0.15) is 26.2 Å². The predicted octanol–water partition coefficient (Wildman–Crippen LogP) is -0.00730. The molecule has 5 nitrogen and oxygen atoms in total. The van der Waals surface area contributed by atoms with Gasteiger partial charge in [-0.25, -0.2) is 0 Å². The highest BCUT2D eigenvalue weighted by molar-refractivity contribution is 5.13. The highest BCUT2D eigenvalue weighted by Gasteiger charge is 2.09. The molecule has 0 aliphatic carbocycles. The third kappa shape index (κ3) is 14.4. The fourth-order valence-electron chi connectivity index (χ4n) is 2.13. The number of aliphatic hydroxyl groups is 4. The van der Waals surface area contributed by atoms with Crippen LogP contribution in [0.5, 0.6) is 0 Å². The number of aliphatic hydroxyl groups excluding tert-OH is 4. The summed E-state index contributed by atoms with van der Waals surface area (Å²) in [5.74, 6) is 0. The zero-order chi connectivity index (χ0) is 18.0. The Bertz CT molecular complexity index is 385. The van der Waals surface area contributed by atoms with Crippen LogP contribution in [0, 0.1) is 0 Å². The Morgan fingerprint density at radius 2 is 1.38 bits per heavy atom. The molecule has 0 unspecified atom stereocenters. The predicted molar refractivity (Wildman–Crippen MR) is 97.8 cm³/mol. The van der Waals surface area contributed by atoms with E-state index in [1.54, 1.807) is 30.4 Å². The van der Waals surface area contributed by atoms with Crippen LogP contribution in [-0.4, -0.2) is 65.5 Å². The first-order valence-corrected chi connectivity index (χ1v) is 8.72. The van der Waals surface area contributed by atoms with E-state index in [1.807, 2.05) is 18.2 Å². The third-order valence-electron chi connectivity index (χ3n) is 3.50. The van der Waals surface area contributed by atoms with Gasteiger partial charge in [0.25, 0.3) is 0 Å². The molecule has 0 aliphatic heterocycles. The SMILES string of the molecule is CC/C=C\C[C@H](O)/C=C/C=C\C=C\[C@@H](O)CC[NH+](CCO)CCO. The molecule has 138 valence electrons. The van der Waals surface area contributed by atoms with Crippen molar-refractivity contribution < 1.29 is 25.3 Å². The number of allylic oxidation sites excluding steroid dienone is 5. The number of hydrogen-bond donors (Lipinski definition) is 5. The molecule has 0 bridgehead atoms. The van der Waals surface area contributed by atoms with Crippen LogP contribution in [0.15, 0.2) is 48.6 Å². The number of hydrogen-bond acceptors (Lipinski definition) is 4. The molecule has 0 spiro atoms. The van der Waals surface area contributed by atoms with Crippen LogP contribution >= 0.6 is 0 Å². The van der Waals surface area contributed by atoms with Crippen molar-refractivity contribution in [3.63, 3.8) is 0 Å². The molecule has 0 rings (SSSR count). The molecule has 0 radical (unpaired) electrons. The van der Waals surface area contributed by atoms with Gasteiger partial charge in [-0.1, -0.05) is 55.5 Å². The minimum Gasteiger partial charge on any atom is -0.391 e. The van der Waals surface area contributed by atoms with Crippen LogP contribution in [0.3, 0.4) is 0 Å². The third-order valence-corrected chi connectivity index (χ3v) is 3.50. The summed E-state index contributed by atoms with van der Waals surface area (Å²) in [5, 5.41) is 37.4. The van der Waals surface area contributed by atoms with Gasteiger partial charge in [0.1, 0.15) is 13.1 Å². The van der Waals surface area contributed by atoms with Gasteiger partial charge < -0.3 is 25.3 Å². The molecule has 5 N–H and O–H groups in total. The van der Waals surface area contributed by atoms with Crippen LogP contribution in [0.25, 0.3) is 0 Å². The van der Waals surface area contributed by atoms with Crippen molar-refractivity contribution in [2.24, 2.45) is 0 Å². The van der Waals surface area contributed by atoms with Gasteiger partial charge in [0, 0.05) is 6.42 Å². The van der Waals surface area contributed by atoms with E-state index in [-0.39, 0.29) is 13.2 Å². The monoisotopic (exact) mass is 340 g/mol. The summed E-state index contributed by atoms with van der Waals surface area (Å²) >= 11 is 0. The minimum absolute atomic E-state index is 0.0798. The molecule has 0 heterocycles. The van der Waals surface area contributed by atoms with Crippen molar-refractivity contribution >= 4 is 0 Å². The van der Waals surface area contributed by atoms with E-state index in [4.69, 9.17) is 10.2 Å². The molecule has 0 aliphatic rings. The second kappa shape index (κ2) is 16.6. The van der Waals surface area contributed by atoms with Gasteiger partial charge in [0.2, 0.25) is 0 Å². The Labute approximate surface area is 145 Å². The molecular formula is C19H34NO4+. The maximum atomic E-state index is 9.88. The van der Waals surface area contributed by atoms with E-state index < -0.39 is 12.2 Å². The van der Waals surface area contributed by atoms with Gasteiger partial charge in [0.15, 0.2) is 0 Å². The summed E-state index contributed by atoms with van der Waals surface area (Å²) in [5.41, 5.74) is 0. The van der Waals surface area contributed by atoms with E-state index in [2.05, 4.69) is 6.92 Å². The Morgan fingerprint density at radius 3 is 1.92 bits per heavy atom. The second-order valence-corrected chi connectivity index (χ2v) is 5.64. The summed E-state index contributed by atoms with van der Waals surface area (Å²) in [6.07, 6.45) is 15.8. The second-order valence-electron chi connectivity index (χ2n) is 5.64. The topological polar surface area (TPSA) is 85.4 Å². The molecule has 0 aromatic carbocycles. The van der Waals surface area contributed by atoms with E-state index in [1.165, 1.54) is 0 Å². The molecule has 0 aromatic heterocycles. The molecule has 2 atom stereocenters. The summed E-state index contributed by atoms with van der Waals surface area (Å²) in [7, 11) is 0. The molecule has 0 saturated heterocycles. The smallest absolute Gasteiger partial charge is 0.101 e. The van der Waals surface area contributed by atoms with Gasteiger partial charge in [-0.2, -0.15) is 0 Å². The fourth-order valence-corrected chi connectivity index (χ4v) is 2.13. The van der Waals surface area contributed by atoms with Crippen molar-refractivity contribution in [1.29, 1.82) is 0 Å². The van der Waals surface area contributed by atoms with Gasteiger partial charge in [-0.05, 0) is 12.8 Å². The lowest BCUT2D eigenvalue weighted by molar-refractivity contribution is -0.901. The fraction of sp³-hybridized carbons (Fsp3) is 0.579. The summed E-state index contributed by atoms with van der Waals surface area (Å²) in [6.45, 7) is 4.08. The minimum atomic E-state index is -0.546. The average molecular weight is 340 g/mol. The highest BCUT2D eigenvalue weighted by Crippen LogP contribution is 1.97. The molecule has 0 amide bonds. The van der Waals surface area contributed by atoms with E-state index in [0.29, 0.717) is 32.5 Å². The van der Waals surface area contributed by atoms with Crippen molar-refractivity contribution in [3.8, 4) is 0 Å². The maximum absolute atomic E-state index is 9.88. The summed E-state index contributed by atoms with van der Waals surface area (Å²) in [4.78, 5) is 1.08. The van der Waals surface area contributed by atoms with Gasteiger partial charge in [0.05, 0.1) is 32.0 Å². The van der Waals surface area contributed by atoms with Crippen LogP contribution < -0.4 is 4.90 Å². The van der Waals surface area contributed by atoms with Crippen LogP contribution in [0.2, 0.25) is 0 Å². The molecule has 24 heavy (non-hydrogen) atoms. The van der Waals surface area contributed by atoms with E-state index in [9.17, 15) is 10.2 Å². The Morgan fingerprint density at radius 1 is 0.792 bits per heavy atom. The number of rotatable bonds is 14. The Hall–Kier alpha value is -1.24. The first-order chi connectivity index (χ1) is 11.6. The van der Waals surface area contributed by atoms with Crippen LogP contribution in [0.4, 0.5) is 0 Å². The van der Waals surface area contributed by atoms with Crippen molar-refractivity contribution in [1.82, 2.24) is 0 Å². The lowest BCUT2D eigenvalue weighted by Gasteiger charge is -2.18. The normalized spacial score (nSPS) is 15.6. The molecule has 0 fully saturated rings. The summed E-state index contributed by atoms with van der Waals surface area (Å²) in [6, 6.07) is 0. The maximum Gasteiger partial charge on any atom is 0.101 e. The van der Waals surface area contributed by atoms with Crippen molar-refractivity contribution in [2.75, 3.05) is 32.8 Å². The lowest BCUT2D eigenvalue weighted by Crippen LogP contribution is -3.13. The molecule has 5 heteroatoms. The Balaban J connectivity index is 4.00. The first-order valence-electron chi connectivity index (χ1n) is 8.72. The first kappa shape index (κ1) is 22.8. The number of nitrogens with one attached hydrogen (secondary N) is 1. The quantitative estimate of drug-likeness (QED) is 0.227. The largest absolute Gasteiger partial charge is 0.391 e. The van der Waals surface area contributed by atoms with Gasteiger partial charge >= 0.3 is 0 Å². The highest BCUT2D eigenvalue weighted by atomic mass is 16.3. The standard InChI is InChI=1S/C19H33NO4/c1-2-3-6-9-18(23)10-7-4-5-8-11-19(24)12-13-20(14-16-21)15-17-22/h3-8,10-11,18-19,21-24H,2,9,12-17H2,1H3/p+1/b5-4-,6-3-,10-7+,11-8+/t18-,19+/m0/s1. The zero-order valence-electron chi connectivity index (χ0n) is 14.7. The van der Waals surface area contributed by atoms with Crippen LogP contribution in [-0.2, 0) is 0 Å². The molecular weight excluding hydrogens is 306 g/mol. The van der Waals surface area contributed by atoms with Crippen molar-refractivity contribution in [3.05, 3.63) is 48.6 Å². The average Bonchev–Trinajstić information content (AvgIpc) is 2.56. The van der Waals surface area contributed by atoms with Crippen molar-refractivity contribution in [2.45, 2.75) is 38.4 Å². The van der Waals surface area contributed by atoms with Gasteiger partial charge in [-0.3, -0.25) is 0 Å². The molecule has 0 saturated carbocycles. The zero-order valence-corrected chi connectivity index (χ0v) is 14.7. The lowest BCUT2D eigenvalue weighted by atomic mass is 10.2.